The number of nitrogens with zero attached hydrogens (tertiary/aromatic N) is 2. The van der Waals surface area contributed by atoms with E-state index in [0.29, 0.717) is 62.4 Å². The molecule has 1 fully saturated rings. The highest BCUT2D eigenvalue weighted by molar-refractivity contribution is 5.82. The number of aromatic nitrogens is 1. The lowest BCUT2D eigenvalue weighted by atomic mass is 9.91. The van der Waals surface area contributed by atoms with E-state index in [2.05, 4.69) is 5.32 Å². The van der Waals surface area contributed by atoms with E-state index < -0.39 is 53.7 Å². The summed E-state index contributed by atoms with van der Waals surface area (Å²) in [6.07, 6.45) is 3.20. The molecule has 0 spiro atoms. The Morgan fingerprint density at radius 1 is 1.00 bits per heavy atom. The van der Waals surface area contributed by atoms with Gasteiger partial charge < -0.3 is 19.7 Å². The Kier molecular flexibility index (Phi) is 10.7. The standard InChI is InChI=1S/C36H42F3N3O5/c1-21-12-22(2)33-25-14-23(3)34(39)27(16-25)29(17-32(43)44)40-35(45)30(8-6-4-5-7-11-47-31(33)13-21)42-18-24(15-28(38)36(42)46)9-10-41-19-26(37)20-41/h12-16,18,26,29-30H,4-11,17,19-20H2,1-3H3,(H,40,45)(H,43,44)/t29-,30-/m0/s1. The lowest BCUT2D eigenvalue weighted by Crippen LogP contribution is -2.49. The molecule has 2 N–H and O–H groups in total. The van der Waals surface area contributed by atoms with Crippen molar-refractivity contribution in [1.29, 1.82) is 0 Å². The second kappa shape index (κ2) is 14.8. The summed E-state index contributed by atoms with van der Waals surface area (Å²) in [7, 11) is 0. The number of halogens is 3. The van der Waals surface area contributed by atoms with Crippen molar-refractivity contribution in [3.8, 4) is 16.9 Å². The van der Waals surface area contributed by atoms with Crippen LogP contribution in [0, 0.1) is 32.4 Å². The fourth-order valence-electron chi connectivity index (χ4n) is 6.63. The van der Waals surface area contributed by atoms with E-state index in [4.69, 9.17) is 4.74 Å². The summed E-state index contributed by atoms with van der Waals surface area (Å²) in [5, 5.41) is 12.6. The number of carbonyl (C=O) groups is 2. The van der Waals surface area contributed by atoms with Crippen molar-refractivity contribution in [3.63, 3.8) is 0 Å². The molecule has 0 radical (unpaired) electrons. The van der Waals surface area contributed by atoms with E-state index in [0.717, 1.165) is 40.2 Å². The first kappa shape index (κ1) is 34.2. The van der Waals surface area contributed by atoms with Gasteiger partial charge in [0.2, 0.25) is 5.91 Å². The van der Waals surface area contributed by atoms with Crippen molar-refractivity contribution >= 4 is 11.9 Å². The van der Waals surface area contributed by atoms with Crippen molar-refractivity contribution in [3.05, 3.63) is 86.3 Å². The minimum atomic E-state index is -1.28. The molecule has 0 aliphatic carbocycles. The maximum absolute atomic E-state index is 15.9. The van der Waals surface area contributed by atoms with Crippen LogP contribution in [-0.2, 0) is 16.0 Å². The number of carboxylic acid groups (broad SMARTS) is 1. The molecule has 3 aromatic rings. The third-order valence-electron chi connectivity index (χ3n) is 9.04. The molecule has 1 saturated heterocycles. The fourth-order valence-corrected chi connectivity index (χ4v) is 6.63. The van der Waals surface area contributed by atoms with E-state index in [-0.39, 0.29) is 17.5 Å². The van der Waals surface area contributed by atoms with Gasteiger partial charge in [0.15, 0.2) is 5.82 Å². The Labute approximate surface area is 272 Å². The molecule has 0 unspecified atom stereocenters. The van der Waals surface area contributed by atoms with Crippen LogP contribution in [0.3, 0.4) is 0 Å². The largest absolute Gasteiger partial charge is 0.493 e. The molecular weight excluding hydrogens is 611 g/mol. The van der Waals surface area contributed by atoms with Gasteiger partial charge in [-0.2, -0.15) is 0 Å². The summed E-state index contributed by atoms with van der Waals surface area (Å²) < 4.78 is 51.5. The first-order valence-electron chi connectivity index (χ1n) is 16.2. The number of alkyl halides is 1. The first-order valence-corrected chi connectivity index (χ1v) is 16.2. The van der Waals surface area contributed by atoms with Gasteiger partial charge in [-0.25, -0.2) is 13.2 Å². The second-order valence-corrected chi connectivity index (χ2v) is 12.9. The molecule has 11 heteroatoms. The number of hydrogen-bond donors (Lipinski definition) is 2. The highest BCUT2D eigenvalue weighted by Gasteiger charge is 2.30. The number of nitrogens with one attached hydrogen (secondary N) is 1. The molecule has 2 aromatic carbocycles. The van der Waals surface area contributed by atoms with Crippen molar-refractivity contribution in [2.24, 2.45) is 0 Å². The molecule has 252 valence electrons. The summed E-state index contributed by atoms with van der Waals surface area (Å²) >= 11 is 0. The summed E-state index contributed by atoms with van der Waals surface area (Å²) in [6, 6.07) is 5.83. The Hall–Kier alpha value is -4.12. The number of fused-ring (bicyclic) bond motifs is 4. The molecule has 5 rings (SSSR count). The predicted octanol–water partition coefficient (Wildman–Crippen LogP) is 6.13. The van der Waals surface area contributed by atoms with Gasteiger partial charge in [-0.15, -0.1) is 0 Å². The zero-order valence-electron chi connectivity index (χ0n) is 27.1. The number of amides is 1. The van der Waals surface area contributed by atoms with Crippen LogP contribution in [0.2, 0.25) is 0 Å². The topological polar surface area (TPSA) is 101 Å². The molecule has 2 atom stereocenters. The third-order valence-corrected chi connectivity index (χ3v) is 9.04. The molecule has 2 aliphatic rings. The van der Waals surface area contributed by atoms with Gasteiger partial charge in [-0.1, -0.05) is 25.3 Å². The van der Waals surface area contributed by atoms with Crippen molar-refractivity contribution in [2.75, 3.05) is 26.2 Å². The van der Waals surface area contributed by atoms with Crippen LogP contribution in [0.5, 0.6) is 5.75 Å². The highest BCUT2D eigenvalue weighted by atomic mass is 19.1. The number of carbonyl (C=O) groups excluding carboxylic acids is 1. The third kappa shape index (κ3) is 8.06. The predicted molar refractivity (Wildman–Crippen MR) is 173 cm³/mol. The quantitative estimate of drug-likeness (QED) is 0.332. The van der Waals surface area contributed by atoms with Crippen LogP contribution >= 0.6 is 0 Å². The van der Waals surface area contributed by atoms with Crippen LogP contribution in [0.1, 0.15) is 78.4 Å². The average molecular weight is 654 g/mol. The fraction of sp³-hybridized carbons (Fsp3) is 0.472. The zero-order chi connectivity index (χ0) is 33.8. The summed E-state index contributed by atoms with van der Waals surface area (Å²) in [4.78, 5) is 41.1. The van der Waals surface area contributed by atoms with Crippen LogP contribution in [0.25, 0.3) is 11.1 Å². The Bertz CT molecular complexity index is 1700. The van der Waals surface area contributed by atoms with Gasteiger partial charge >= 0.3 is 5.97 Å². The van der Waals surface area contributed by atoms with E-state index in [9.17, 15) is 23.9 Å². The van der Waals surface area contributed by atoms with Crippen LogP contribution in [-0.4, -0.2) is 58.9 Å². The number of carboxylic acids is 1. The molecule has 0 saturated carbocycles. The number of aliphatic carboxylic acids is 1. The number of aryl methyl sites for hydroxylation is 3. The molecule has 2 aliphatic heterocycles. The van der Waals surface area contributed by atoms with Gasteiger partial charge in [0.05, 0.1) is 19.1 Å². The molecule has 8 nitrogen and oxygen atoms in total. The van der Waals surface area contributed by atoms with Gasteiger partial charge in [-0.05, 0) is 92.1 Å². The number of rotatable bonds is 6. The second-order valence-electron chi connectivity index (χ2n) is 12.9. The zero-order valence-corrected chi connectivity index (χ0v) is 27.1. The number of benzene rings is 2. The molecular formula is C36H42F3N3O5. The number of ether oxygens (including phenoxy) is 1. The molecule has 2 bridgehead atoms. The van der Waals surface area contributed by atoms with E-state index in [1.807, 2.05) is 30.9 Å². The Morgan fingerprint density at radius 2 is 1.74 bits per heavy atom. The molecule has 1 aromatic heterocycles. The first-order chi connectivity index (χ1) is 22.4. The van der Waals surface area contributed by atoms with Crippen molar-refractivity contribution in [2.45, 2.75) is 84.0 Å². The number of pyridine rings is 1. The normalized spacial score (nSPS) is 19.7. The maximum Gasteiger partial charge on any atom is 0.305 e. The minimum absolute atomic E-state index is 0.0134. The van der Waals surface area contributed by atoms with Crippen molar-refractivity contribution in [1.82, 2.24) is 14.8 Å². The van der Waals surface area contributed by atoms with Gasteiger partial charge in [-0.3, -0.25) is 19.3 Å². The molecule has 3 heterocycles. The minimum Gasteiger partial charge on any atom is -0.493 e. The van der Waals surface area contributed by atoms with Gasteiger partial charge in [0.1, 0.15) is 23.8 Å². The van der Waals surface area contributed by atoms with E-state index in [1.165, 1.54) is 6.20 Å². The monoisotopic (exact) mass is 653 g/mol. The van der Waals surface area contributed by atoms with Crippen LogP contribution in [0.4, 0.5) is 13.2 Å². The van der Waals surface area contributed by atoms with Crippen molar-refractivity contribution < 1.29 is 32.6 Å². The summed E-state index contributed by atoms with van der Waals surface area (Å²) in [5.74, 6) is -3.00. The lowest BCUT2D eigenvalue weighted by Gasteiger charge is -2.34. The highest BCUT2D eigenvalue weighted by Crippen LogP contribution is 2.38. The number of likely N-dealkylation sites (tertiary alicyclic amines) is 1. The summed E-state index contributed by atoms with van der Waals surface area (Å²) in [5.41, 5.74) is 3.01. The SMILES string of the molecule is Cc1cc(C)c2c(c1)OCCCCCC[C@H](n1cc(CCN3CC(F)C3)cc(F)c1=O)C(=O)N[C@@H](CC(=O)O)c1cc-2cc(C)c1F. The summed E-state index contributed by atoms with van der Waals surface area (Å²) in [6.45, 7) is 6.96. The van der Waals surface area contributed by atoms with Crippen LogP contribution < -0.4 is 15.6 Å². The van der Waals surface area contributed by atoms with Crippen LogP contribution in [0.15, 0.2) is 41.3 Å². The molecule has 1 amide bonds. The van der Waals surface area contributed by atoms with Gasteiger partial charge in [0, 0.05) is 37.0 Å². The maximum atomic E-state index is 15.9. The van der Waals surface area contributed by atoms with E-state index in [1.54, 1.807) is 19.1 Å². The molecule has 47 heavy (non-hydrogen) atoms. The lowest BCUT2D eigenvalue weighted by molar-refractivity contribution is -0.138. The Morgan fingerprint density at radius 3 is 2.47 bits per heavy atom. The van der Waals surface area contributed by atoms with Gasteiger partial charge in [0.25, 0.3) is 5.56 Å². The number of hydrogen-bond acceptors (Lipinski definition) is 5. The Balaban J connectivity index is 1.56. The average Bonchev–Trinajstić information content (AvgIpc) is 2.98. The van der Waals surface area contributed by atoms with E-state index >= 15 is 8.78 Å². The smallest absolute Gasteiger partial charge is 0.305 e.